The smallest absolute Gasteiger partial charge is 0.0794 e. The first-order valence-electron chi connectivity index (χ1n) is 5.06. The summed E-state index contributed by atoms with van der Waals surface area (Å²) in [6.07, 6.45) is 4.33. The van der Waals surface area contributed by atoms with E-state index in [0.29, 0.717) is 6.61 Å². The van der Waals surface area contributed by atoms with Crippen LogP contribution in [0.3, 0.4) is 0 Å². The van der Waals surface area contributed by atoms with Crippen LogP contribution in [0, 0.1) is 5.92 Å². The molecule has 4 heteroatoms. The molecule has 1 aromatic heterocycles. The molecule has 4 rings (SSSR count). The van der Waals surface area contributed by atoms with Gasteiger partial charge in [-0.1, -0.05) is 0 Å². The number of aromatic nitrogens is 1. The first-order valence-corrected chi connectivity index (χ1v) is 5.94. The second-order valence-electron chi connectivity index (χ2n) is 4.50. The fourth-order valence-electron chi connectivity index (χ4n) is 2.88. The van der Waals surface area contributed by atoms with Crippen LogP contribution in [0.4, 0.5) is 0 Å². The van der Waals surface area contributed by atoms with E-state index in [9.17, 15) is 5.11 Å². The summed E-state index contributed by atoms with van der Waals surface area (Å²) in [4.78, 5) is 7.83. The van der Waals surface area contributed by atoms with Gasteiger partial charge in [0.15, 0.2) is 0 Å². The molecular formula is C10H14N2OS. The van der Waals surface area contributed by atoms with Crippen molar-refractivity contribution in [2.45, 2.75) is 24.9 Å². The summed E-state index contributed by atoms with van der Waals surface area (Å²) >= 11 is 1.71. The lowest BCUT2D eigenvalue weighted by molar-refractivity contribution is 0.0340. The number of fused-ring (bicyclic) bond motifs is 1. The van der Waals surface area contributed by atoms with Crippen molar-refractivity contribution in [2.24, 2.45) is 5.92 Å². The van der Waals surface area contributed by atoms with Gasteiger partial charge in [0.1, 0.15) is 0 Å². The molecule has 1 aliphatic carbocycles. The molecule has 2 saturated heterocycles. The average Bonchev–Trinajstić information content (AvgIpc) is 2.77. The van der Waals surface area contributed by atoms with Gasteiger partial charge in [-0.3, -0.25) is 9.88 Å². The van der Waals surface area contributed by atoms with Gasteiger partial charge in [0.05, 0.1) is 12.1 Å². The number of thiazole rings is 1. The third-order valence-corrected chi connectivity index (χ3v) is 4.38. The topological polar surface area (TPSA) is 36.4 Å². The molecule has 0 amide bonds. The second kappa shape index (κ2) is 3.02. The van der Waals surface area contributed by atoms with Crippen LogP contribution >= 0.6 is 11.3 Å². The van der Waals surface area contributed by atoms with Gasteiger partial charge in [-0.25, -0.2) is 0 Å². The molecule has 76 valence electrons. The van der Waals surface area contributed by atoms with Gasteiger partial charge < -0.3 is 5.11 Å². The third kappa shape index (κ3) is 1.14. The molecule has 0 atom stereocenters. The van der Waals surface area contributed by atoms with E-state index in [4.69, 9.17) is 0 Å². The van der Waals surface area contributed by atoms with E-state index in [1.807, 2.05) is 11.7 Å². The molecule has 3 heterocycles. The third-order valence-electron chi connectivity index (χ3n) is 3.61. The largest absolute Gasteiger partial charge is 0.394 e. The summed E-state index contributed by atoms with van der Waals surface area (Å²) in [5.41, 5.74) is 2.01. The minimum absolute atomic E-state index is 0.134. The first kappa shape index (κ1) is 8.83. The highest BCUT2D eigenvalue weighted by molar-refractivity contribution is 7.09. The van der Waals surface area contributed by atoms with Gasteiger partial charge in [-0.15, -0.1) is 11.3 Å². The van der Waals surface area contributed by atoms with E-state index in [-0.39, 0.29) is 5.54 Å². The minimum Gasteiger partial charge on any atom is -0.394 e. The standard InChI is InChI=1S/C10H14N2OS/c13-6-10-1-8(2-10)4-12(10)5-9-3-11-7-14-9/h3,7-8,13H,1-2,4-6H2. The van der Waals surface area contributed by atoms with Crippen molar-refractivity contribution in [3.8, 4) is 0 Å². The molecule has 3 nitrogen and oxygen atoms in total. The van der Waals surface area contributed by atoms with Crippen LogP contribution in [-0.4, -0.2) is 33.7 Å². The van der Waals surface area contributed by atoms with Crippen molar-refractivity contribution >= 4 is 11.3 Å². The zero-order chi connectivity index (χ0) is 9.60. The highest BCUT2D eigenvalue weighted by Crippen LogP contribution is 2.50. The van der Waals surface area contributed by atoms with E-state index >= 15 is 0 Å². The Hall–Kier alpha value is -0.450. The summed E-state index contributed by atoms with van der Waals surface area (Å²) < 4.78 is 0. The van der Waals surface area contributed by atoms with Crippen LogP contribution in [-0.2, 0) is 6.54 Å². The molecule has 1 aromatic rings. The van der Waals surface area contributed by atoms with Crippen LogP contribution in [0.15, 0.2) is 11.7 Å². The maximum Gasteiger partial charge on any atom is 0.0794 e. The summed E-state index contributed by atoms with van der Waals surface area (Å²) in [7, 11) is 0. The van der Waals surface area contributed by atoms with E-state index in [0.717, 1.165) is 12.5 Å². The lowest BCUT2D eigenvalue weighted by Crippen LogP contribution is -2.48. The van der Waals surface area contributed by atoms with Crippen molar-refractivity contribution in [2.75, 3.05) is 13.2 Å². The Morgan fingerprint density at radius 3 is 3.14 bits per heavy atom. The van der Waals surface area contributed by atoms with Crippen molar-refractivity contribution < 1.29 is 5.11 Å². The number of hydrogen-bond acceptors (Lipinski definition) is 4. The fraction of sp³-hybridized carbons (Fsp3) is 0.700. The van der Waals surface area contributed by atoms with Gasteiger partial charge in [0.25, 0.3) is 0 Å². The van der Waals surface area contributed by atoms with Crippen LogP contribution in [0.25, 0.3) is 0 Å². The normalized spacial score (nSPS) is 35.9. The van der Waals surface area contributed by atoms with Crippen molar-refractivity contribution in [3.05, 3.63) is 16.6 Å². The van der Waals surface area contributed by atoms with E-state index in [1.165, 1.54) is 24.3 Å². The number of aliphatic hydroxyl groups is 1. The van der Waals surface area contributed by atoms with Crippen molar-refractivity contribution in [1.82, 2.24) is 9.88 Å². The van der Waals surface area contributed by atoms with Crippen LogP contribution in [0.2, 0.25) is 0 Å². The lowest BCUT2D eigenvalue weighted by Gasteiger charge is -2.40. The molecular weight excluding hydrogens is 196 g/mol. The van der Waals surface area contributed by atoms with Gasteiger partial charge in [0, 0.05) is 29.7 Å². The lowest BCUT2D eigenvalue weighted by atomic mass is 9.74. The highest BCUT2D eigenvalue weighted by Gasteiger charge is 2.55. The second-order valence-corrected chi connectivity index (χ2v) is 5.48. The average molecular weight is 210 g/mol. The van der Waals surface area contributed by atoms with Crippen molar-refractivity contribution in [3.63, 3.8) is 0 Å². The Balaban J connectivity index is 1.74. The summed E-state index contributed by atoms with van der Waals surface area (Å²) in [5.74, 6) is 0.843. The Morgan fingerprint density at radius 1 is 1.64 bits per heavy atom. The van der Waals surface area contributed by atoms with E-state index in [2.05, 4.69) is 9.88 Å². The predicted molar refractivity (Wildman–Crippen MR) is 55.1 cm³/mol. The molecule has 1 saturated carbocycles. The Bertz CT molecular complexity index is 319. The van der Waals surface area contributed by atoms with E-state index < -0.39 is 0 Å². The number of rotatable bonds is 3. The molecule has 0 unspecified atom stereocenters. The number of aliphatic hydroxyl groups excluding tert-OH is 1. The van der Waals surface area contributed by atoms with Gasteiger partial charge >= 0.3 is 0 Å². The molecule has 0 radical (unpaired) electrons. The van der Waals surface area contributed by atoms with Crippen LogP contribution in [0.1, 0.15) is 17.7 Å². The fourth-order valence-corrected chi connectivity index (χ4v) is 3.49. The quantitative estimate of drug-likeness (QED) is 0.811. The summed E-state index contributed by atoms with van der Waals surface area (Å²) in [6.45, 7) is 2.46. The molecule has 2 bridgehead atoms. The number of hydrogen-bond donors (Lipinski definition) is 1. The van der Waals surface area contributed by atoms with Crippen molar-refractivity contribution in [1.29, 1.82) is 0 Å². The summed E-state index contributed by atoms with van der Waals surface area (Å²) in [6, 6.07) is 0. The zero-order valence-corrected chi connectivity index (χ0v) is 8.83. The SMILES string of the molecule is OCC12CC(CN1Cc1cncs1)C2. The molecule has 1 N–H and O–H groups in total. The Labute approximate surface area is 87.4 Å². The molecule has 14 heavy (non-hydrogen) atoms. The molecule has 0 spiro atoms. The molecule has 2 aliphatic heterocycles. The monoisotopic (exact) mass is 210 g/mol. The molecule has 3 aliphatic rings. The van der Waals surface area contributed by atoms with Gasteiger partial charge in [-0.2, -0.15) is 0 Å². The number of nitrogens with zero attached hydrogens (tertiary/aromatic N) is 2. The van der Waals surface area contributed by atoms with Gasteiger partial charge in [0.2, 0.25) is 0 Å². The highest BCUT2D eigenvalue weighted by atomic mass is 32.1. The zero-order valence-electron chi connectivity index (χ0n) is 8.02. The molecule has 0 aromatic carbocycles. The minimum atomic E-state index is 0.134. The predicted octanol–water partition coefficient (Wildman–Crippen LogP) is 1.10. The molecule has 3 fully saturated rings. The first-order chi connectivity index (χ1) is 6.82. The Morgan fingerprint density at radius 2 is 2.50 bits per heavy atom. The maximum absolute atomic E-state index is 9.41. The van der Waals surface area contributed by atoms with Crippen LogP contribution in [0.5, 0.6) is 0 Å². The van der Waals surface area contributed by atoms with Gasteiger partial charge in [-0.05, 0) is 18.8 Å². The maximum atomic E-state index is 9.41. The Kier molecular flexibility index (Phi) is 1.90. The summed E-state index contributed by atoms with van der Waals surface area (Å²) in [5, 5.41) is 9.41. The van der Waals surface area contributed by atoms with Crippen LogP contribution < -0.4 is 0 Å². The van der Waals surface area contributed by atoms with E-state index in [1.54, 1.807) is 11.3 Å².